The van der Waals surface area contributed by atoms with Crippen LogP contribution in [-0.2, 0) is 14.6 Å². The molecule has 0 bridgehead atoms. The van der Waals surface area contributed by atoms with Crippen LogP contribution in [-0.4, -0.2) is 55.9 Å². The highest BCUT2D eigenvalue weighted by Crippen LogP contribution is 2.19. The van der Waals surface area contributed by atoms with Gasteiger partial charge in [0.25, 0.3) is 0 Å². The lowest BCUT2D eigenvalue weighted by atomic mass is 10.2. The fourth-order valence-electron chi connectivity index (χ4n) is 3.28. The van der Waals surface area contributed by atoms with Gasteiger partial charge in [-0.2, -0.15) is 0 Å². The molecule has 1 atom stereocenters. The second-order valence-corrected chi connectivity index (χ2v) is 8.21. The first kappa shape index (κ1) is 15.8. The fraction of sp³-hybridized carbons (Fsp3) is 0.929. The molecule has 1 aliphatic carbocycles. The van der Waals surface area contributed by atoms with Gasteiger partial charge >= 0.3 is 0 Å². The molecule has 0 aromatic heterocycles. The van der Waals surface area contributed by atoms with E-state index in [9.17, 15) is 13.2 Å². The van der Waals surface area contributed by atoms with Crippen molar-refractivity contribution < 1.29 is 13.2 Å². The molecule has 20 heavy (non-hydrogen) atoms. The minimum Gasteiger partial charge on any atom is -0.353 e. The van der Waals surface area contributed by atoms with E-state index in [4.69, 9.17) is 0 Å². The Labute approximate surface area is 122 Å². The second kappa shape index (κ2) is 6.89. The Morgan fingerprint density at radius 1 is 1.25 bits per heavy atom. The third-order valence-electron chi connectivity index (χ3n) is 4.48. The van der Waals surface area contributed by atoms with Gasteiger partial charge in [-0.3, -0.25) is 9.69 Å². The van der Waals surface area contributed by atoms with Crippen molar-refractivity contribution in [1.82, 2.24) is 10.2 Å². The molecule has 1 aliphatic heterocycles. The van der Waals surface area contributed by atoms with E-state index in [1.54, 1.807) is 0 Å². The predicted molar refractivity (Wildman–Crippen MR) is 79.3 cm³/mol. The van der Waals surface area contributed by atoms with Crippen LogP contribution in [0.1, 0.15) is 45.4 Å². The Kier molecular flexibility index (Phi) is 5.43. The van der Waals surface area contributed by atoms with Gasteiger partial charge in [0.05, 0.1) is 11.5 Å². The summed E-state index contributed by atoms with van der Waals surface area (Å²) in [5.74, 6) is 0.657. The largest absolute Gasteiger partial charge is 0.353 e. The van der Waals surface area contributed by atoms with Gasteiger partial charge in [0.15, 0.2) is 9.84 Å². The number of rotatable bonds is 6. The Morgan fingerprint density at radius 3 is 2.50 bits per heavy atom. The van der Waals surface area contributed by atoms with Crippen LogP contribution in [0.15, 0.2) is 0 Å². The van der Waals surface area contributed by atoms with Gasteiger partial charge < -0.3 is 5.32 Å². The van der Waals surface area contributed by atoms with Crippen molar-refractivity contribution in [3.05, 3.63) is 0 Å². The van der Waals surface area contributed by atoms with Crippen LogP contribution in [0.3, 0.4) is 0 Å². The summed E-state index contributed by atoms with van der Waals surface area (Å²) >= 11 is 0. The number of carbonyl (C=O) groups is 1. The Balaban J connectivity index is 1.74. The lowest BCUT2D eigenvalue weighted by Crippen LogP contribution is -2.40. The van der Waals surface area contributed by atoms with Gasteiger partial charge in [0, 0.05) is 25.0 Å². The second-order valence-electron chi connectivity index (χ2n) is 5.98. The summed E-state index contributed by atoms with van der Waals surface area (Å²) in [5, 5.41) is 3.08. The molecule has 1 amide bonds. The standard InChI is InChI=1S/C14H26N2O3S/c1-2-16(13-8-10-20(18,19)11-13)9-7-14(17)15-12-5-3-4-6-12/h12-13H,2-11H2,1H3,(H,15,17). The lowest BCUT2D eigenvalue weighted by molar-refractivity contribution is -0.122. The van der Waals surface area contributed by atoms with Gasteiger partial charge in [-0.25, -0.2) is 8.42 Å². The number of carbonyl (C=O) groups excluding carboxylic acids is 1. The van der Waals surface area contributed by atoms with E-state index in [2.05, 4.69) is 10.2 Å². The zero-order valence-corrected chi connectivity index (χ0v) is 13.1. The number of hydrogen-bond donors (Lipinski definition) is 1. The van der Waals surface area contributed by atoms with Crippen LogP contribution in [0, 0.1) is 0 Å². The molecule has 0 aromatic rings. The van der Waals surface area contributed by atoms with Crippen LogP contribution in [0.25, 0.3) is 0 Å². The average molecular weight is 302 g/mol. The Hall–Kier alpha value is -0.620. The van der Waals surface area contributed by atoms with Gasteiger partial charge in [0.2, 0.25) is 5.91 Å². The molecule has 6 heteroatoms. The number of amides is 1. The van der Waals surface area contributed by atoms with E-state index in [0.717, 1.165) is 19.4 Å². The zero-order chi connectivity index (χ0) is 14.6. The van der Waals surface area contributed by atoms with Crippen molar-refractivity contribution in [3.8, 4) is 0 Å². The third kappa shape index (κ3) is 4.45. The molecule has 1 heterocycles. The van der Waals surface area contributed by atoms with Crippen LogP contribution >= 0.6 is 0 Å². The molecule has 0 radical (unpaired) electrons. The molecule has 0 spiro atoms. The summed E-state index contributed by atoms with van der Waals surface area (Å²) in [6, 6.07) is 0.466. The average Bonchev–Trinajstić information content (AvgIpc) is 3.00. The first-order valence-electron chi connectivity index (χ1n) is 7.74. The van der Waals surface area contributed by atoms with Crippen molar-refractivity contribution in [2.75, 3.05) is 24.6 Å². The summed E-state index contributed by atoms with van der Waals surface area (Å²) in [7, 11) is -2.85. The smallest absolute Gasteiger partial charge is 0.221 e. The van der Waals surface area contributed by atoms with E-state index in [1.165, 1.54) is 12.8 Å². The first-order valence-corrected chi connectivity index (χ1v) is 9.56. The van der Waals surface area contributed by atoms with Crippen LogP contribution in [0.4, 0.5) is 0 Å². The SMILES string of the molecule is CCN(CCC(=O)NC1CCCC1)C1CCS(=O)(=O)C1. The maximum Gasteiger partial charge on any atom is 0.221 e. The molecule has 5 nitrogen and oxygen atoms in total. The number of sulfone groups is 1. The van der Waals surface area contributed by atoms with Crippen LogP contribution in [0.5, 0.6) is 0 Å². The normalized spacial score (nSPS) is 26.2. The molecular weight excluding hydrogens is 276 g/mol. The van der Waals surface area contributed by atoms with Crippen molar-refractivity contribution in [2.24, 2.45) is 0 Å². The molecule has 2 rings (SSSR count). The molecule has 2 aliphatic rings. The summed E-state index contributed by atoms with van der Waals surface area (Å²) < 4.78 is 23.0. The minimum atomic E-state index is -2.85. The molecule has 116 valence electrons. The maximum atomic E-state index is 11.9. The molecule has 0 aromatic carbocycles. The van der Waals surface area contributed by atoms with Gasteiger partial charge in [-0.1, -0.05) is 19.8 Å². The Bertz CT molecular complexity index is 430. The summed E-state index contributed by atoms with van der Waals surface area (Å²) in [6.07, 6.45) is 5.81. The lowest BCUT2D eigenvalue weighted by Gasteiger charge is -2.26. The van der Waals surface area contributed by atoms with E-state index in [1.807, 2.05) is 6.92 Å². The monoisotopic (exact) mass is 302 g/mol. The first-order chi connectivity index (χ1) is 9.50. The highest BCUT2D eigenvalue weighted by molar-refractivity contribution is 7.91. The molecule has 1 unspecified atom stereocenters. The topological polar surface area (TPSA) is 66.5 Å². The van der Waals surface area contributed by atoms with E-state index in [-0.39, 0.29) is 17.7 Å². The van der Waals surface area contributed by atoms with E-state index in [0.29, 0.717) is 31.2 Å². The van der Waals surface area contributed by atoms with Crippen molar-refractivity contribution >= 4 is 15.7 Å². The molecule has 1 saturated carbocycles. The molecule has 1 saturated heterocycles. The fourth-order valence-corrected chi connectivity index (χ4v) is 5.04. The number of hydrogen-bond acceptors (Lipinski definition) is 4. The van der Waals surface area contributed by atoms with Crippen molar-refractivity contribution in [3.63, 3.8) is 0 Å². The minimum absolute atomic E-state index is 0.101. The van der Waals surface area contributed by atoms with Crippen molar-refractivity contribution in [1.29, 1.82) is 0 Å². The van der Waals surface area contributed by atoms with Gasteiger partial charge in [0.1, 0.15) is 0 Å². The number of nitrogens with zero attached hydrogens (tertiary/aromatic N) is 1. The molecule has 1 N–H and O–H groups in total. The van der Waals surface area contributed by atoms with Gasteiger partial charge in [-0.05, 0) is 25.8 Å². The highest BCUT2D eigenvalue weighted by atomic mass is 32.2. The van der Waals surface area contributed by atoms with Crippen LogP contribution < -0.4 is 5.32 Å². The summed E-state index contributed by atoms with van der Waals surface area (Å²) in [6.45, 7) is 3.49. The maximum absolute atomic E-state index is 11.9. The highest BCUT2D eigenvalue weighted by Gasteiger charge is 2.31. The van der Waals surface area contributed by atoms with E-state index >= 15 is 0 Å². The molecular formula is C14H26N2O3S. The zero-order valence-electron chi connectivity index (χ0n) is 12.3. The van der Waals surface area contributed by atoms with Gasteiger partial charge in [-0.15, -0.1) is 0 Å². The summed E-state index contributed by atoms with van der Waals surface area (Å²) in [4.78, 5) is 14.0. The van der Waals surface area contributed by atoms with Crippen molar-refractivity contribution in [2.45, 2.75) is 57.5 Å². The van der Waals surface area contributed by atoms with Crippen LogP contribution in [0.2, 0.25) is 0 Å². The molecule has 2 fully saturated rings. The third-order valence-corrected chi connectivity index (χ3v) is 6.23. The Morgan fingerprint density at radius 2 is 1.95 bits per heavy atom. The predicted octanol–water partition coefficient (Wildman–Crippen LogP) is 0.944. The quantitative estimate of drug-likeness (QED) is 0.793. The summed E-state index contributed by atoms with van der Waals surface area (Å²) in [5.41, 5.74) is 0. The van der Waals surface area contributed by atoms with E-state index < -0.39 is 9.84 Å². The number of nitrogens with one attached hydrogen (secondary N) is 1.